The molecule has 2 unspecified atom stereocenters. The van der Waals surface area contributed by atoms with Gasteiger partial charge >= 0.3 is 0 Å². The molecule has 146 valence electrons. The zero-order chi connectivity index (χ0) is 18.4. The van der Waals surface area contributed by atoms with Crippen LogP contribution in [0.1, 0.15) is 52.5 Å². The summed E-state index contributed by atoms with van der Waals surface area (Å²) in [5, 5.41) is 3.52. The molecule has 1 aliphatic carbocycles. The van der Waals surface area contributed by atoms with Gasteiger partial charge in [-0.25, -0.2) is 4.98 Å². The molecule has 1 aromatic heterocycles. The van der Waals surface area contributed by atoms with Crippen LogP contribution in [0.4, 0.5) is 0 Å². The summed E-state index contributed by atoms with van der Waals surface area (Å²) in [5.74, 6) is 1.73. The average molecular weight is 362 g/mol. The van der Waals surface area contributed by atoms with E-state index in [-0.39, 0.29) is 0 Å². The second kappa shape index (κ2) is 8.89. The second-order valence-corrected chi connectivity index (χ2v) is 7.91. The van der Waals surface area contributed by atoms with Crippen molar-refractivity contribution in [2.24, 2.45) is 16.3 Å². The highest BCUT2D eigenvalue weighted by Crippen LogP contribution is 2.49. The standard InChI is InChI=1S/C20H35N5O/c1-4-22-19(23-15-20(7-8-20)9-13-26-5-2)24-11-6-17(3)18(14-24)25-12-10-21-16-25/h10,12,16-18H,4-9,11,13-15H2,1-3H3,(H,22,23). The van der Waals surface area contributed by atoms with E-state index in [1.165, 1.54) is 19.3 Å². The first-order valence-corrected chi connectivity index (χ1v) is 10.3. The van der Waals surface area contributed by atoms with Gasteiger partial charge < -0.3 is 19.5 Å². The molecule has 1 aliphatic heterocycles. The van der Waals surface area contributed by atoms with E-state index in [1.54, 1.807) is 0 Å². The van der Waals surface area contributed by atoms with E-state index in [2.05, 4.69) is 46.7 Å². The second-order valence-electron chi connectivity index (χ2n) is 7.91. The summed E-state index contributed by atoms with van der Waals surface area (Å²) in [6.45, 7) is 12.1. The minimum atomic E-state index is 0.392. The van der Waals surface area contributed by atoms with E-state index in [9.17, 15) is 0 Å². The Balaban J connectivity index is 1.63. The van der Waals surface area contributed by atoms with E-state index in [0.717, 1.165) is 51.8 Å². The van der Waals surface area contributed by atoms with Crippen molar-refractivity contribution < 1.29 is 4.74 Å². The van der Waals surface area contributed by atoms with Gasteiger partial charge in [-0.15, -0.1) is 0 Å². The number of guanidine groups is 1. The number of aliphatic imine (C=N–C) groups is 1. The quantitative estimate of drug-likeness (QED) is 0.439. The number of nitrogens with zero attached hydrogens (tertiary/aromatic N) is 4. The number of hydrogen-bond acceptors (Lipinski definition) is 3. The van der Waals surface area contributed by atoms with E-state index < -0.39 is 0 Å². The van der Waals surface area contributed by atoms with Crippen LogP contribution in [0.2, 0.25) is 0 Å². The fraction of sp³-hybridized carbons (Fsp3) is 0.800. The Labute approximate surface area is 158 Å². The number of rotatable bonds is 8. The molecule has 1 aromatic rings. The maximum atomic E-state index is 5.56. The van der Waals surface area contributed by atoms with Gasteiger partial charge in [0.15, 0.2) is 5.96 Å². The zero-order valence-electron chi connectivity index (χ0n) is 16.7. The van der Waals surface area contributed by atoms with Crippen molar-refractivity contribution >= 4 is 5.96 Å². The van der Waals surface area contributed by atoms with E-state index in [4.69, 9.17) is 9.73 Å². The zero-order valence-corrected chi connectivity index (χ0v) is 16.7. The van der Waals surface area contributed by atoms with Crippen molar-refractivity contribution in [3.05, 3.63) is 18.7 Å². The maximum absolute atomic E-state index is 5.56. The first-order valence-electron chi connectivity index (χ1n) is 10.3. The third kappa shape index (κ3) is 4.78. The molecule has 1 N–H and O–H groups in total. The first-order chi connectivity index (χ1) is 12.7. The highest BCUT2D eigenvalue weighted by Gasteiger charge is 2.42. The third-order valence-electron chi connectivity index (χ3n) is 5.96. The first kappa shape index (κ1) is 19.2. The van der Waals surface area contributed by atoms with Gasteiger partial charge in [0.2, 0.25) is 0 Å². The third-order valence-corrected chi connectivity index (χ3v) is 5.96. The Morgan fingerprint density at radius 1 is 1.38 bits per heavy atom. The molecule has 2 aliphatic rings. The normalized spacial score (nSPS) is 25.3. The molecule has 1 saturated carbocycles. The molecule has 1 saturated heterocycles. The van der Waals surface area contributed by atoms with Crippen LogP contribution in [-0.4, -0.2) is 59.8 Å². The van der Waals surface area contributed by atoms with Gasteiger partial charge in [-0.3, -0.25) is 4.99 Å². The maximum Gasteiger partial charge on any atom is 0.194 e. The van der Waals surface area contributed by atoms with Crippen LogP contribution in [-0.2, 0) is 4.74 Å². The van der Waals surface area contributed by atoms with Gasteiger partial charge in [0.25, 0.3) is 0 Å². The van der Waals surface area contributed by atoms with Crippen molar-refractivity contribution in [2.45, 2.75) is 52.5 Å². The predicted octanol–water partition coefficient (Wildman–Crippen LogP) is 2.94. The Morgan fingerprint density at radius 2 is 2.23 bits per heavy atom. The average Bonchev–Trinajstić information content (AvgIpc) is 3.20. The molecule has 0 bridgehead atoms. The lowest BCUT2D eigenvalue weighted by atomic mass is 9.93. The number of hydrogen-bond donors (Lipinski definition) is 1. The number of aromatic nitrogens is 2. The SMILES string of the molecule is CCNC(=NCC1(CCOCC)CC1)N1CCC(C)C(n2ccnc2)C1. The van der Waals surface area contributed by atoms with E-state index in [0.29, 0.717) is 17.4 Å². The van der Waals surface area contributed by atoms with E-state index in [1.807, 2.05) is 12.5 Å². The molecule has 0 amide bonds. The van der Waals surface area contributed by atoms with Crippen LogP contribution in [0.25, 0.3) is 0 Å². The molecular weight excluding hydrogens is 326 g/mol. The molecule has 0 aromatic carbocycles. The van der Waals surface area contributed by atoms with Gasteiger partial charge in [0.05, 0.1) is 12.4 Å². The highest BCUT2D eigenvalue weighted by molar-refractivity contribution is 5.80. The van der Waals surface area contributed by atoms with Crippen molar-refractivity contribution in [1.29, 1.82) is 0 Å². The van der Waals surface area contributed by atoms with Crippen LogP contribution in [0.15, 0.2) is 23.7 Å². The number of likely N-dealkylation sites (tertiary alicyclic amines) is 1. The number of nitrogens with one attached hydrogen (secondary N) is 1. The van der Waals surface area contributed by atoms with Crippen LogP contribution < -0.4 is 5.32 Å². The molecule has 2 fully saturated rings. The number of piperidine rings is 1. The van der Waals surface area contributed by atoms with Crippen LogP contribution >= 0.6 is 0 Å². The Kier molecular flexibility index (Phi) is 6.57. The Morgan fingerprint density at radius 3 is 2.88 bits per heavy atom. The lowest BCUT2D eigenvalue weighted by molar-refractivity contribution is 0.129. The van der Waals surface area contributed by atoms with E-state index >= 15 is 0 Å². The lowest BCUT2D eigenvalue weighted by Gasteiger charge is -2.39. The smallest absolute Gasteiger partial charge is 0.194 e. The van der Waals surface area contributed by atoms with Crippen molar-refractivity contribution in [3.8, 4) is 0 Å². The summed E-state index contributed by atoms with van der Waals surface area (Å²) < 4.78 is 7.82. The molecule has 2 atom stereocenters. The molecule has 0 spiro atoms. The summed E-state index contributed by atoms with van der Waals surface area (Å²) in [4.78, 5) is 11.7. The Hall–Kier alpha value is -1.56. The molecule has 26 heavy (non-hydrogen) atoms. The van der Waals surface area contributed by atoms with Crippen molar-refractivity contribution in [2.75, 3.05) is 39.4 Å². The van der Waals surface area contributed by atoms with Crippen LogP contribution in [0.3, 0.4) is 0 Å². The topological polar surface area (TPSA) is 54.7 Å². The fourth-order valence-corrected chi connectivity index (χ4v) is 3.86. The predicted molar refractivity (Wildman–Crippen MR) is 105 cm³/mol. The fourth-order valence-electron chi connectivity index (χ4n) is 3.86. The Bertz CT molecular complexity index is 567. The summed E-state index contributed by atoms with van der Waals surface area (Å²) in [5.41, 5.74) is 0.392. The van der Waals surface area contributed by atoms with Gasteiger partial charge in [-0.1, -0.05) is 6.92 Å². The minimum absolute atomic E-state index is 0.392. The van der Waals surface area contributed by atoms with Crippen LogP contribution in [0.5, 0.6) is 0 Å². The molecule has 2 heterocycles. The highest BCUT2D eigenvalue weighted by atomic mass is 16.5. The number of ether oxygens (including phenoxy) is 1. The van der Waals surface area contributed by atoms with Crippen molar-refractivity contribution in [1.82, 2.24) is 19.8 Å². The summed E-state index contributed by atoms with van der Waals surface area (Å²) >= 11 is 0. The molecule has 6 nitrogen and oxygen atoms in total. The molecule has 3 rings (SSSR count). The minimum Gasteiger partial charge on any atom is -0.382 e. The molecule has 6 heteroatoms. The largest absolute Gasteiger partial charge is 0.382 e. The molecular formula is C20H35N5O. The van der Waals surface area contributed by atoms with Crippen molar-refractivity contribution in [3.63, 3.8) is 0 Å². The van der Waals surface area contributed by atoms with Gasteiger partial charge in [0, 0.05) is 51.8 Å². The summed E-state index contributed by atoms with van der Waals surface area (Å²) in [6.07, 6.45) is 10.8. The van der Waals surface area contributed by atoms with Gasteiger partial charge in [-0.05, 0) is 50.9 Å². The monoisotopic (exact) mass is 361 g/mol. The number of imidazole rings is 1. The summed E-state index contributed by atoms with van der Waals surface area (Å²) in [6, 6.07) is 0.461. The van der Waals surface area contributed by atoms with Gasteiger partial charge in [-0.2, -0.15) is 0 Å². The van der Waals surface area contributed by atoms with Gasteiger partial charge in [0.1, 0.15) is 0 Å². The summed E-state index contributed by atoms with van der Waals surface area (Å²) in [7, 11) is 0. The molecule has 0 radical (unpaired) electrons. The lowest BCUT2D eigenvalue weighted by Crippen LogP contribution is -2.49. The van der Waals surface area contributed by atoms with Crippen LogP contribution in [0, 0.1) is 11.3 Å².